The van der Waals surface area contributed by atoms with Crippen molar-refractivity contribution in [2.45, 2.75) is 39.2 Å². The Labute approximate surface area is 147 Å². The summed E-state index contributed by atoms with van der Waals surface area (Å²) in [6.45, 7) is 7.12. The van der Waals surface area contributed by atoms with Crippen molar-refractivity contribution in [2.24, 2.45) is 21.6 Å². The van der Waals surface area contributed by atoms with Crippen molar-refractivity contribution < 1.29 is 8.78 Å². The molecule has 0 atom stereocenters. The van der Waals surface area contributed by atoms with Gasteiger partial charge in [0.15, 0.2) is 0 Å². The van der Waals surface area contributed by atoms with E-state index in [1.807, 2.05) is 25.8 Å². The quantitative estimate of drug-likeness (QED) is 0.633. The Bertz CT molecular complexity index is 717. The van der Waals surface area contributed by atoms with Crippen molar-refractivity contribution in [3.8, 4) is 0 Å². The number of aliphatic imine (C=N–C) groups is 1. The summed E-state index contributed by atoms with van der Waals surface area (Å²) < 4.78 is 27.5. The maximum Gasteiger partial charge on any atom is 0.127 e. The van der Waals surface area contributed by atoms with Crippen LogP contribution in [0, 0.1) is 11.6 Å². The smallest absolute Gasteiger partial charge is 0.127 e. The van der Waals surface area contributed by atoms with E-state index in [0.29, 0.717) is 30.9 Å². The number of hydrogen-bond acceptors (Lipinski definition) is 4. The molecule has 1 aliphatic rings. The van der Waals surface area contributed by atoms with E-state index in [-0.39, 0.29) is 17.5 Å². The van der Waals surface area contributed by atoms with E-state index in [2.05, 4.69) is 10.1 Å². The lowest BCUT2D eigenvalue weighted by Crippen LogP contribution is -2.36. The lowest BCUT2D eigenvalue weighted by molar-refractivity contribution is 0.168. The molecule has 4 N–H and O–H groups in total. The van der Waals surface area contributed by atoms with Crippen LogP contribution in [-0.4, -0.2) is 35.7 Å². The Morgan fingerprint density at radius 2 is 2.08 bits per heavy atom. The first-order valence-corrected chi connectivity index (χ1v) is 8.19. The predicted molar refractivity (Wildman–Crippen MR) is 97.3 cm³/mol. The van der Waals surface area contributed by atoms with Crippen molar-refractivity contribution in [1.82, 2.24) is 5.01 Å². The van der Waals surface area contributed by atoms with Crippen LogP contribution < -0.4 is 11.5 Å². The van der Waals surface area contributed by atoms with Gasteiger partial charge >= 0.3 is 0 Å². The van der Waals surface area contributed by atoms with Gasteiger partial charge in [-0.15, -0.1) is 0 Å². The van der Waals surface area contributed by atoms with Gasteiger partial charge in [0.25, 0.3) is 0 Å². The van der Waals surface area contributed by atoms with E-state index in [1.54, 1.807) is 0 Å². The Hall–Kier alpha value is -2.44. The zero-order chi connectivity index (χ0) is 18.6. The van der Waals surface area contributed by atoms with Crippen LogP contribution in [0.15, 0.2) is 39.6 Å². The standard InChI is InChI=1S/C18H25F2N5/c1-18(2,3)25-10-14(16(22)6-7-23-11-21)17(24-25)9-12-8-13(19)4-5-15(12)20/h4-5,8,11H,6-7,9-10,22H2,1-3H3,(H2,21,23)/b16-14-. The van der Waals surface area contributed by atoms with Gasteiger partial charge in [0.2, 0.25) is 0 Å². The van der Waals surface area contributed by atoms with Crippen molar-refractivity contribution in [3.63, 3.8) is 0 Å². The first kappa shape index (κ1) is 18.9. The number of nitrogens with zero attached hydrogens (tertiary/aromatic N) is 3. The van der Waals surface area contributed by atoms with Crippen molar-refractivity contribution in [2.75, 3.05) is 13.1 Å². The number of rotatable bonds is 5. The second-order valence-electron chi connectivity index (χ2n) is 7.00. The topological polar surface area (TPSA) is 80.0 Å². The van der Waals surface area contributed by atoms with Crippen LogP contribution in [0.25, 0.3) is 0 Å². The molecule has 0 radical (unpaired) electrons. The SMILES string of the molecule is CC(C)(C)N1C/C(=C(/N)CCN=CN)C(Cc2cc(F)ccc2F)=N1. The summed E-state index contributed by atoms with van der Waals surface area (Å²) in [6.07, 6.45) is 1.96. The van der Waals surface area contributed by atoms with Crippen LogP contribution in [-0.2, 0) is 6.42 Å². The number of nitrogens with two attached hydrogens (primary N) is 2. The molecule has 1 aromatic rings. The normalized spacial score (nSPS) is 17.3. The molecule has 1 aliphatic heterocycles. The van der Waals surface area contributed by atoms with Crippen LogP contribution in [0.3, 0.4) is 0 Å². The lowest BCUT2D eigenvalue weighted by Gasteiger charge is -2.29. The van der Waals surface area contributed by atoms with Crippen LogP contribution in [0.1, 0.15) is 32.8 Å². The van der Waals surface area contributed by atoms with Crippen LogP contribution in [0.2, 0.25) is 0 Å². The third-order valence-corrected chi connectivity index (χ3v) is 4.04. The number of hydrogen-bond donors (Lipinski definition) is 2. The minimum absolute atomic E-state index is 0.187. The molecular weight excluding hydrogens is 324 g/mol. The second kappa shape index (κ2) is 7.63. The minimum Gasteiger partial charge on any atom is -0.402 e. The Morgan fingerprint density at radius 3 is 2.72 bits per heavy atom. The Kier molecular flexibility index (Phi) is 5.77. The highest BCUT2D eigenvalue weighted by Crippen LogP contribution is 2.26. The molecule has 0 amide bonds. The summed E-state index contributed by atoms with van der Waals surface area (Å²) in [7, 11) is 0. The summed E-state index contributed by atoms with van der Waals surface area (Å²) in [6, 6.07) is 3.43. The number of benzene rings is 1. The highest BCUT2D eigenvalue weighted by molar-refractivity contribution is 6.03. The molecule has 25 heavy (non-hydrogen) atoms. The molecule has 0 unspecified atom stereocenters. The Balaban J connectivity index is 2.34. The predicted octanol–water partition coefficient (Wildman–Crippen LogP) is 2.57. The third kappa shape index (κ3) is 4.78. The molecule has 0 spiro atoms. The van der Waals surface area contributed by atoms with E-state index >= 15 is 0 Å². The van der Waals surface area contributed by atoms with Gasteiger partial charge in [-0.05, 0) is 44.5 Å². The molecule has 0 bridgehead atoms. The third-order valence-electron chi connectivity index (χ3n) is 4.04. The molecule has 1 aromatic carbocycles. The zero-order valence-corrected chi connectivity index (χ0v) is 14.9. The van der Waals surface area contributed by atoms with Gasteiger partial charge < -0.3 is 11.5 Å². The average molecular weight is 349 g/mol. The monoisotopic (exact) mass is 349 g/mol. The summed E-state index contributed by atoms with van der Waals surface area (Å²) in [5, 5.41) is 6.53. The lowest BCUT2D eigenvalue weighted by atomic mass is 9.99. The van der Waals surface area contributed by atoms with Gasteiger partial charge in [0.05, 0.1) is 18.6 Å². The second-order valence-corrected chi connectivity index (χ2v) is 7.00. The Morgan fingerprint density at radius 1 is 1.36 bits per heavy atom. The van der Waals surface area contributed by atoms with E-state index in [1.165, 1.54) is 12.4 Å². The molecule has 0 saturated heterocycles. The molecule has 7 heteroatoms. The number of halogens is 2. The molecule has 0 aliphatic carbocycles. The van der Waals surface area contributed by atoms with Gasteiger partial charge in [-0.1, -0.05) is 0 Å². The van der Waals surface area contributed by atoms with E-state index in [9.17, 15) is 8.78 Å². The van der Waals surface area contributed by atoms with E-state index < -0.39 is 11.6 Å². The van der Waals surface area contributed by atoms with E-state index in [0.717, 1.165) is 17.7 Å². The fraction of sp³-hybridized carbons (Fsp3) is 0.444. The maximum absolute atomic E-state index is 14.0. The van der Waals surface area contributed by atoms with E-state index in [4.69, 9.17) is 11.5 Å². The van der Waals surface area contributed by atoms with Gasteiger partial charge in [0, 0.05) is 36.2 Å². The van der Waals surface area contributed by atoms with Crippen LogP contribution in [0.4, 0.5) is 8.78 Å². The zero-order valence-electron chi connectivity index (χ0n) is 14.9. The summed E-state index contributed by atoms with van der Waals surface area (Å²) in [4.78, 5) is 3.96. The molecular formula is C18H25F2N5. The molecule has 0 saturated carbocycles. The molecule has 5 nitrogen and oxygen atoms in total. The van der Waals surface area contributed by atoms with Gasteiger partial charge in [-0.2, -0.15) is 5.10 Å². The fourth-order valence-corrected chi connectivity index (χ4v) is 2.57. The first-order valence-electron chi connectivity index (χ1n) is 8.19. The van der Waals surface area contributed by atoms with Gasteiger partial charge in [-0.25, -0.2) is 8.78 Å². The summed E-state index contributed by atoms with van der Waals surface area (Å²) >= 11 is 0. The van der Waals surface area contributed by atoms with Gasteiger partial charge in [0.1, 0.15) is 11.6 Å². The summed E-state index contributed by atoms with van der Waals surface area (Å²) in [5.41, 5.74) is 13.7. The first-order chi connectivity index (χ1) is 11.7. The van der Waals surface area contributed by atoms with Gasteiger partial charge in [-0.3, -0.25) is 10.0 Å². The molecule has 2 rings (SSSR count). The molecule has 0 fully saturated rings. The van der Waals surface area contributed by atoms with Crippen molar-refractivity contribution in [1.29, 1.82) is 0 Å². The van der Waals surface area contributed by atoms with Crippen molar-refractivity contribution >= 4 is 12.1 Å². The molecule has 0 aromatic heterocycles. The highest BCUT2D eigenvalue weighted by Gasteiger charge is 2.30. The minimum atomic E-state index is -0.474. The maximum atomic E-state index is 14.0. The van der Waals surface area contributed by atoms with Crippen LogP contribution in [0.5, 0.6) is 0 Å². The van der Waals surface area contributed by atoms with Crippen LogP contribution >= 0.6 is 0 Å². The fourth-order valence-electron chi connectivity index (χ4n) is 2.57. The largest absolute Gasteiger partial charge is 0.402 e. The number of hydrazone groups is 1. The van der Waals surface area contributed by atoms with Crippen molar-refractivity contribution in [3.05, 3.63) is 46.7 Å². The average Bonchev–Trinajstić information content (AvgIpc) is 2.95. The molecule has 136 valence electrons. The molecule has 1 heterocycles. The summed E-state index contributed by atoms with van der Waals surface area (Å²) in [5.74, 6) is -0.928. The highest BCUT2D eigenvalue weighted by atomic mass is 19.1.